The van der Waals surface area contributed by atoms with Crippen LogP contribution in [0.4, 0.5) is 5.69 Å². The molecule has 17 heavy (non-hydrogen) atoms. The fourth-order valence-electron chi connectivity index (χ4n) is 2.32. The monoisotopic (exact) mass is 230 g/mol. The SMILES string of the molecule is Cc1ccc(C#N)c(NC2CCC(O)CC2)c1. The molecule has 2 rings (SSSR count). The molecule has 0 atom stereocenters. The molecule has 1 saturated carbocycles. The predicted octanol–water partition coefficient (Wildman–Crippen LogP) is 2.58. The Bertz CT molecular complexity index is 428. The molecule has 1 aliphatic carbocycles. The fraction of sp³-hybridized carbons (Fsp3) is 0.500. The van der Waals surface area contributed by atoms with Gasteiger partial charge in [0.05, 0.1) is 17.4 Å². The summed E-state index contributed by atoms with van der Waals surface area (Å²) in [6.45, 7) is 2.02. The lowest BCUT2D eigenvalue weighted by molar-refractivity contribution is 0.126. The largest absolute Gasteiger partial charge is 0.393 e. The van der Waals surface area contributed by atoms with Crippen molar-refractivity contribution in [1.82, 2.24) is 0 Å². The second-order valence-electron chi connectivity index (χ2n) is 4.81. The van der Waals surface area contributed by atoms with Crippen LogP contribution in [0.5, 0.6) is 0 Å². The quantitative estimate of drug-likeness (QED) is 0.821. The summed E-state index contributed by atoms with van der Waals surface area (Å²) in [5.74, 6) is 0. The number of aryl methyl sites for hydroxylation is 1. The van der Waals surface area contributed by atoms with Gasteiger partial charge >= 0.3 is 0 Å². The molecule has 0 bridgehead atoms. The van der Waals surface area contributed by atoms with Crippen molar-refractivity contribution in [2.45, 2.75) is 44.8 Å². The Morgan fingerprint density at radius 3 is 2.65 bits per heavy atom. The second-order valence-corrected chi connectivity index (χ2v) is 4.81. The molecule has 2 N–H and O–H groups in total. The van der Waals surface area contributed by atoms with Crippen LogP contribution in [0.1, 0.15) is 36.8 Å². The highest BCUT2D eigenvalue weighted by atomic mass is 16.3. The Morgan fingerprint density at radius 2 is 2.00 bits per heavy atom. The van der Waals surface area contributed by atoms with E-state index in [-0.39, 0.29) is 6.10 Å². The molecule has 90 valence electrons. The third kappa shape index (κ3) is 2.98. The van der Waals surface area contributed by atoms with Crippen molar-refractivity contribution < 1.29 is 5.11 Å². The lowest BCUT2D eigenvalue weighted by atomic mass is 9.92. The van der Waals surface area contributed by atoms with Crippen LogP contribution < -0.4 is 5.32 Å². The number of hydrogen-bond acceptors (Lipinski definition) is 3. The van der Waals surface area contributed by atoms with Crippen molar-refractivity contribution >= 4 is 5.69 Å². The molecule has 1 aromatic carbocycles. The van der Waals surface area contributed by atoms with E-state index < -0.39 is 0 Å². The van der Waals surface area contributed by atoms with Crippen molar-refractivity contribution in [2.24, 2.45) is 0 Å². The van der Waals surface area contributed by atoms with Gasteiger partial charge < -0.3 is 10.4 Å². The number of nitrogens with one attached hydrogen (secondary N) is 1. The molecule has 0 aromatic heterocycles. The van der Waals surface area contributed by atoms with Crippen molar-refractivity contribution in [3.63, 3.8) is 0 Å². The normalized spacial score (nSPS) is 24.1. The highest BCUT2D eigenvalue weighted by molar-refractivity contribution is 5.59. The molecule has 3 nitrogen and oxygen atoms in total. The molecule has 0 spiro atoms. The van der Waals surface area contributed by atoms with Crippen LogP contribution in [-0.2, 0) is 0 Å². The van der Waals surface area contributed by atoms with Crippen molar-refractivity contribution in [2.75, 3.05) is 5.32 Å². The summed E-state index contributed by atoms with van der Waals surface area (Å²) in [6, 6.07) is 8.42. The van der Waals surface area contributed by atoms with Crippen LogP contribution in [0.2, 0.25) is 0 Å². The first-order valence-electron chi connectivity index (χ1n) is 6.14. The molecule has 1 aromatic rings. The van der Waals surface area contributed by atoms with Crippen LogP contribution in [0.15, 0.2) is 18.2 Å². The summed E-state index contributed by atoms with van der Waals surface area (Å²) in [6.07, 6.45) is 3.51. The summed E-state index contributed by atoms with van der Waals surface area (Å²) in [4.78, 5) is 0. The van der Waals surface area contributed by atoms with E-state index in [0.717, 1.165) is 36.9 Å². The minimum Gasteiger partial charge on any atom is -0.393 e. The number of rotatable bonds is 2. The zero-order valence-corrected chi connectivity index (χ0v) is 10.1. The molecule has 0 heterocycles. The number of benzene rings is 1. The van der Waals surface area contributed by atoms with E-state index >= 15 is 0 Å². The number of anilines is 1. The summed E-state index contributed by atoms with van der Waals surface area (Å²) in [5.41, 5.74) is 2.78. The average Bonchev–Trinajstić information content (AvgIpc) is 2.32. The van der Waals surface area contributed by atoms with E-state index in [1.165, 1.54) is 0 Å². The van der Waals surface area contributed by atoms with E-state index in [1.54, 1.807) is 0 Å². The van der Waals surface area contributed by atoms with Gasteiger partial charge in [0.25, 0.3) is 0 Å². The minimum absolute atomic E-state index is 0.138. The maximum atomic E-state index is 9.46. The number of nitrogens with zero attached hydrogens (tertiary/aromatic N) is 1. The van der Waals surface area contributed by atoms with Gasteiger partial charge in [0.2, 0.25) is 0 Å². The van der Waals surface area contributed by atoms with E-state index in [1.807, 2.05) is 25.1 Å². The third-order valence-corrected chi connectivity index (χ3v) is 3.35. The van der Waals surface area contributed by atoms with Gasteiger partial charge in [0.1, 0.15) is 6.07 Å². The Morgan fingerprint density at radius 1 is 1.29 bits per heavy atom. The molecule has 0 amide bonds. The summed E-state index contributed by atoms with van der Waals surface area (Å²) in [5, 5.41) is 21.9. The van der Waals surface area contributed by atoms with Gasteiger partial charge in [-0.2, -0.15) is 5.26 Å². The highest BCUT2D eigenvalue weighted by Gasteiger charge is 2.19. The van der Waals surface area contributed by atoms with Crippen LogP contribution in [0, 0.1) is 18.3 Å². The van der Waals surface area contributed by atoms with Gasteiger partial charge in [-0.25, -0.2) is 0 Å². The summed E-state index contributed by atoms with van der Waals surface area (Å²) in [7, 11) is 0. The number of aliphatic hydroxyl groups is 1. The van der Waals surface area contributed by atoms with Crippen molar-refractivity contribution in [3.05, 3.63) is 29.3 Å². The lowest BCUT2D eigenvalue weighted by Gasteiger charge is -2.27. The van der Waals surface area contributed by atoms with Crippen LogP contribution in [-0.4, -0.2) is 17.3 Å². The van der Waals surface area contributed by atoms with Gasteiger partial charge in [-0.15, -0.1) is 0 Å². The van der Waals surface area contributed by atoms with E-state index in [4.69, 9.17) is 5.26 Å². The Hall–Kier alpha value is -1.53. The zero-order valence-electron chi connectivity index (χ0n) is 10.1. The fourth-order valence-corrected chi connectivity index (χ4v) is 2.32. The van der Waals surface area contributed by atoms with Gasteiger partial charge in [0, 0.05) is 6.04 Å². The van der Waals surface area contributed by atoms with Crippen LogP contribution >= 0.6 is 0 Å². The topological polar surface area (TPSA) is 56.0 Å². The number of aliphatic hydroxyl groups excluding tert-OH is 1. The van der Waals surface area contributed by atoms with Gasteiger partial charge in [-0.3, -0.25) is 0 Å². The first-order valence-corrected chi connectivity index (χ1v) is 6.14. The molecule has 3 heteroatoms. The molecule has 0 unspecified atom stereocenters. The van der Waals surface area contributed by atoms with Gasteiger partial charge in [-0.05, 0) is 50.3 Å². The molecule has 0 radical (unpaired) electrons. The average molecular weight is 230 g/mol. The van der Waals surface area contributed by atoms with Crippen molar-refractivity contribution in [3.8, 4) is 6.07 Å². The van der Waals surface area contributed by atoms with Gasteiger partial charge in [-0.1, -0.05) is 6.07 Å². The van der Waals surface area contributed by atoms with Gasteiger partial charge in [0.15, 0.2) is 0 Å². The molecule has 0 saturated heterocycles. The van der Waals surface area contributed by atoms with Crippen LogP contribution in [0.25, 0.3) is 0 Å². The Kier molecular flexibility index (Phi) is 3.65. The first kappa shape index (κ1) is 11.9. The third-order valence-electron chi connectivity index (χ3n) is 3.35. The maximum absolute atomic E-state index is 9.46. The Balaban J connectivity index is 2.08. The molecule has 0 aliphatic heterocycles. The molecule has 1 aliphatic rings. The number of hydrogen-bond donors (Lipinski definition) is 2. The molecular formula is C14H18N2O. The predicted molar refractivity (Wildman–Crippen MR) is 67.8 cm³/mol. The van der Waals surface area contributed by atoms with Crippen molar-refractivity contribution in [1.29, 1.82) is 5.26 Å². The zero-order chi connectivity index (χ0) is 12.3. The first-order chi connectivity index (χ1) is 8.19. The maximum Gasteiger partial charge on any atom is 0.101 e. The smallest absolute Gasteiger partial charge is 0.101 e. The Labute approximate surface area is 102 Å². The molecular weight excluding hydrogens is 212 g/mol. The second kappa shape index (κ2) is 5.20. The summed E-state index contributed by atoms with van der Waals surface area (Å²) < 4.78 is 0. The summed E-state index contributed by atoms with van der Waals surface area (Å²) >= 11 is 0. The van der Waals surface area contributed by atoms with Crippen LogP contribution in [0.3, 0.4) is 0 Å². The standard InChI is InChI=1S/C14H18N2O/c1-10-2-3-11(9-15)14(8-10)16-12-4-6-13(17)7-5-12/h2-3,8,12-13,16-17H,4-7H2,1H3. The highest BCUT2D eigenvalue weighted by Crippen LogP contribution is 2.24. The number of nitriles is 1. The van der Waals surface area contributed by atoms with E-state index in [2.05, 4.69) is 11.4 Å². The van der Waals surface area contributed by atoms with E-state index in [0.29, 0.717) is 11.6 Å². The minimum atomic E-state index is -0.138. The van der Waals surface area contributed by atoms with E-state index in [9.17, 15) is 5.11 Å². The molecule has 1 fully saturated rings. The lowest BCUT2D eigenvalue weighted by Crippen LogP contribution is -2.28.